The fourth-order valence-electron chi connectivity index (χ4n) is 4.72. The number of aromatic nitrogens is 1. The number of nitro benzene ring substituents is 1. The Morgan fingerprint density at radius 2 is 1.70 bits per heavy atom. The number of pyridine rings is 1. The van der Waals surface area contributed by atoms with Gasteiger partial charge in [0, 0.05) is 55.6 Å². The fraction of sp³-hybridized carbons (Fsp3) is 0.333. The van der Waals surface area contributed by atoms with Gasteiger partial charge in [-0.05, 0) is 37.1 Å². The van der Waals surface area contributed by atoms with Crippen LogP contribution in [0.1, 0.15) is 34.8 Å². The monoisotopic (exact) mass is 520 g/mol. The fourth-order valence-corrected chi connectivity index (χ4v) is 4.72. The van der Waals surface area contributed by atoms with Crippen LogP contribution in [-0.4, -0.2) is 46.7 Å². The average Bonchev–Trinajstić information content (AvgIpc) is 3.69. The molecule has 2 aromatic carbocycles. The molecule has 0 unspecified atom stereocenters. The van der Waals surface area contributed by atoms with Gasteiger partial charge in [-0.3, -0.25) is 14.9 Å². The first-order valence-corrected chi connectivity index (χ1v) is 11.4. The van der Waals surface area contributed by atoms with Gasteiger partial charge in [-0.1, -0.05) is 0 Å². The van der Waals surface area contributed by atoms with Crippen LogP contribution >= 0.6 is 0 Å². The normalized spacial score (nSPS) is 16.3. The molecule has 1 aliphatic heterocycles. The molecule has 5 rings (SSSR count). The molecule has 0 atom stereocenters. The lowest BCUT2D eigenvalue weighted by Gasteiger charge is -2.37. The van der Waals surface area contributed by atoms with E-state index >= 15 is 4.39 Å². The first kappa shape index (κ1) is 24.5. The number of carbonyl (C=O) groups is 1. The Bertz CT molecular complexity index is 1490. The van der Waals surface area contributed by atoms with Crippen LogP contribution in [0.3, 0.4) is 0 Å². The third kappa shape index (κ3) is 4.45. The van der Waals surface area contributed by atoms with Gasteiger partial charge >= 0.3 is 12.1 Å². The maximum Gasteiger partial charge on any atom is 0.423 e. The number of anilines is 2. The lowest BCUT2D eigenvalue weighted by Crippen LogP contribution is -2.47. The zero-order chi connectivity index (χ0) is 26.6. The van der Waals surface area contributed by atoms with Crippen LogP contribution in [0.5, 0.6) is 0 Å². The van der Waals surface area contributed by atoms with Gasteiger partial charge in [-0.2, -0.15) is 13.2 Å². The largest absolute Gasteiger partial charge is 0.477 e. The number of carboxylic acids is 1. The summed E-state index contributed by atoms with van der Waals surface area (Å²) in [6.07, 6.45) is -2.00. The zero-order valence-electron chi connectivity index (χ0n) is 19.2. The van der Waals surface area contributed by atoms with Gasteiger partial charge in [-0.15, -0.1) is 0 Å². The first-order valence-electron chi connectivity index (χ1n) is 11.4. The molecule has 0 spiro atoms. The Kier molecular flexibility index (Phi) is 5.80. The number of carboxylic acid groups (broad SMARTS) is 1. The molecule has 9 nitrogen and oxygen atoms in total. The van der Waals surface area contributed by atoms with Crippen molar-refractivity contribution in [3.8, 4) is 0 Å². The Morgan fingerprint density at radius 1 is 1.05 bits per heavy atom. The van der Waals surface area contributed by atoms with E-state index < -0.39 is 45.1 Å². The number of fused-ring (bicyclic) bond motifs is 1. The number of rotatable bonds is 5. The van der Waals surface area contributed by atoms with Gasteiger partial charge in [0.15, 0.2) is 0 Å². The molecule has 194 valence electrons. The minimum Gasteiger partial charge on any atom is -0.477 e. The van der Waals surface area contributed by atoms with Gasteiger partial charge < -0.3 is 19.5 Å². The summed E-state index contributed by atoms with van der Waals surface area (Å²) < 4.78 is 57.0. The highest BCUT2D eigenvalue weighted by Gasteiger charge is 2.39. The van der Waals surface area contributed by atoms with Crippen LogP contribution in [0.4, 0.5) is 34.6 Å². The molecule has 0 amide bonds. The Morgan fingerprint density at radius 3 is 2.27 bits per heavy atom. The number of aromatic carboxylic acids is 1. The van der Waals surface area contributed by atoms with Crippen LogP contribution in [0, 0.1) is 15.9 Å². The highest BCUT2D eigenvalue weighted by Crippen LogP contribution is 2.40. The molecule has 2 aliphatic rings. The minimum atomic E-state index is -4.90. The van der Waals surface area contributed by atoms with Crippen molar-refractivity contribution >= 4 is 33.9 Å². The summed E-state index contributed by atoms with van der Waals surface area (Å²) in [7, 11) is 0. The van der Waals surface area contributed by atoms with E-state index in [0.717, 1.165) is 31.0 Å². The third-order valence-corrected chi connectivity index (χ3v) is 6.74. The SMILES string of the molecule is O=C(O)c1cn(C2CC2)c2cc(N3CCN(c4ccc([N+](=O)[O-])c(C(F)(F)F)c4)CC3)c(F)cc2c1=O. The molecule has 1 saturated heterocycles. The number of hydrogen-bond acceptors (Lipinski definition) is 6. The number of alkyl halides is 3. The van der Waals surface area contributed by atoms with Crippen molar-refractivity contribution in [2.45, 2.75) is 25.1 Å². The highest BCUT2D eigenvalue weighted by atomic mass is 19.4. The molecule has 1 aliphatic carbocycles. The van der Waals surface area contributed by atoms with Crippen molar-refractivity contribution in [3.63, 3.8) is 0 Å². The van der Waals surface area contributed by atoms with Crippen molar-refractivity contribution in [2.24, 2.45) is 0 Å². The van der Waals surface area contributed by atoms with Gasteiger partial charge in [0.25, 0.3) is 5.69 Å². The lowest BCUT2D eigenvalue weighted by atomic mass is 10.1. The molecular weight excluding hydrogens is 500 g/mol. The van der Waals surface area contributed by atoms with E-state index in [1.807, 2.05) is 0 Å². The summed E-state index contributed by atoms with van der Waals surface area (Å²) in [6.45, 7) is 0.920. The molecule has 0 bridgehead atoms. The Balaban J connectivity index is 1.44. The van der Waals surface area contributed by atoms with Gasteiger partial charge in [0.2, 0.25) is 5.43 Å². The summed E-state index contributed by atoms with van der Waals surface area (Å²) in [5.41, 5.74) is -2.78. The standard InChI is InChI=1S/C24H20F4N4O5/c25-18-10-15-20(31(13-1-2-13)12-16(22(15)33)23(34)35)11-21(18)30-7-5-29(6-8-30)14-3-4-19(32(36)37)17(9-14)24(26,27)28/h3-4,9-13H,1-2,5-8H2,(H,34,35). The van der Waals surface area contributed by atoms with Crippen molar-refractivity contribution in [2.75, 3.05) is 36.0 Å². The van der Waals surface area contributed by atoms with Crippen LogP contribution in [0.2, 0.25) is 0 Å². The van der Waals surface area contributed by atoms with Crippen molar-refractivity contribution in [1.29, 1.82) is 0 Å². The van der Waals surface area contributed by atoms with Crippen LogP contribution < -0.4 is 15.2 Å². The molecule has 0 radical (unpaired) electrons. The number of nitro groups is 1. The average molecular weight is 520 g/mol. The summed E-state index contributed by atoms with van der Waals surface area (Å²) >= 11 is 0. The quantitative estimate of drug-likeness (QED) is 0.301. The summed E-state index contributed by atoms with van der Waals surface area (Å²) in [5, 5.41) is 20.4. The number of hydrogen-bond donors (Lipinski definition) is 1. The smallest absolute Gasteiger partial charge is 0.423 e. The molecule has 1 aromatic heterocycles. The second kappa shape index (κ2) is 8.75. The second-order valence-corrected chi connectivity index (χ2v) is 9.07. The summed E-state index contributed by atoms with van der Waals surface area (Å²) in [4.78, 5) is 37.5. The van der Waals surface area contributed by atoms with Crippen LogP contribution in [0.25, 0.3) is 10.9 Å². The van der Waals surface area contributed by atoms with Crippen LogP contribution in [-0.2, 0) is 6.18 Å². The van der Waals surface area contributed by atoms with E-state index in [1.54, 1.807) is 14.4 Å². The van der Waals surface area contributed by atoms with Gasteiger partial charge in [-0.25, -0.2) is 9.18 Å². The van der Waals surface area contributed by atoms with Gasteiger partial charge in [0.1, 0.15) is 16.9 Å². The van der Waals surface area contributed by atoms with Gasteiger partial charge in [0.05, 0.1) is 16.1 Å². The van der Waals surface area contributed by atoms with E-state index in [-0.39, 0.29) is 49.0 Å². The molecule has 13 heteroatoms. The maximum absolute atomic E-state index is 15.1. The molecule has 3 aromatic rings. The number of piperazine rings is 1. The summed E-state index contributed by atoms with van der Waals surface area (Å²) in [6, 6.07) is 5.40. The van der Waals surface area contributed by atoms with Crippen molar-refractivity contribution in [3.05, 3.63) is 73.8 Å². The lowest BCUT2D eigenvalue weighted by molar-refractivity contribution is -0.388. The topological polar surface area (TPSA) is 109 Å². The molecule has 2 fully saturated rings. The maximum atomic E-state index is 15.1. The predicted octanol–water partition coefficient (Wildman–Crippen LogP) is 4.43. The molecule has 1 N–H and O–H groups in total. The minimum absolute atomic E-state index is 0.0151. The molecular formula is C24H20F4N4O5. The molecule has 37 heavy (non-hydrogen) atoms. The van der Waals surface area contributed by atoms with Crippen molar-refractivity contribution < 1.29 is 32.4 Å². The number of halogens is 4. The van der Waals surface area contributed by atoms with E-state index in [1.165, 1.54) is 18.3 Å². The first-order chi connectivity index (χ1) is 17.5. The van der Waals surface area contributed by atoms with E-state index in [9.17, 15) is 38.0 Å². The van der Waals surface area contributed by atoms with E-state index in [0.29, 0.717) is 5.52 Å². The number of nitrogens with zero attached hydrogens (tertiary/aromatic N) is 4. The zero-order valence-corrected chi connectivity index (χ0v) is 19.2. The van der Waals surface area contributed by atoms with E-state index in [2.05, 4.69) is 0 Å². The number of benzene rings is 2. The van der Waals surface area contributed by atoms with E-state index in [4.69, 9.17) is 0 Å². The molecule has 1 saturated carbocycles. The van der Waals surface area contributed by atoms with Crippen LogP contribution in [0.15, 0.2) is 41.3 Å². The second-order valence-electron chi connectivity index (χ2n) is 9.07. The molecule has 2 heterocycles. The predicted molar refractivity (Wildman–Crippen MR) is 126 cm³/mol. The van der Waals surface area contributed by atoms with Crippen molar-refractivity contribution in [1.82, 2.24) is 4.57 Å². The summed E-state index contributed by atoms with van der Waals surface area (Å²) in [5.74, 6) is -2.10. The Labute approximate surface area is 206 Å². The Hall–Kier alpha value is -4.16. The highest BCUT2D eigenvalue weighted by molar-refractivity contribution is 5.93. The third-order valence-electron chi connectivity index (χ3n) is 6.74.